The fraction of sp³-hybridized carbons (Fsp3) is 0.471. The van der Waals surface area contributed by atoms with Crippen LogP contribution < -0.4 is 5.32 Å². The van der Waals surface area contributed by atoms with Crippen molar-refractivity contribution in [1.29, 1.82) is 0 Å². The van der Waals surface area contributed by atoms with Gasteiger partial charge in [-0.05, 0) is 37.9 Å². The number of carbonyl (C=O) groups is 1. The van der Waals surface area contributed by atoms with Crippen molar-refractivity contribution in [2.24, 2.45) is 0 Å². The SMILES string of the molecule is Cc1ccc2c(CC(=O)N(C)C3CCNC3)coc2c1C.Cl. The lowest BCUT2D eigenvalue weighted by Gasteiger charge is -2.23. The zero-order valence-electron chi connectivity index (χ0n) is 13.3. The average molecular weight is 323 g/mol. The number of fused-ring (bicyclic) bond motifs is 1. The number of likely N-dealkylation sites (N-methyl/N-ethyl adjacent to an activating group) is 1. The van der Waals surface area contributed by atoms with E-state index >= 15 is 0 Å². The lowest BCUT2D eigenvalue weighted by Crippen LogP contribution is -2.39. The Kier molecular flexibility index (Phi) is 5.14. The van der Waals surface area contributed by atoms with E-state index in [9.17, 15) is 4.79 Å². The van der Waals surface area contributed by atoms with Crippen LogP contribution in [0.5, 0.6) is 0 Å². The summed E-state index contributed by atoms with van der Waals surface area (Å²) in [4.78, 5) is 14.3. The maximum absolute atomic E-state index is 12.4. The molecule has 2 aromatic rings. The first kappa shape index (κ1) is 16.8. The number of amides is 1. The van der Waals surface area contributed by atoms with Gasteiger partial charge in [0.1, 0.15) is 5.58 Å². The standard InChI is InChI=1S/C17H22N2O2.ClH/c1-11-4-5-15-13(10-21-17(15)12(11)2)8-16(20)19(3)14-6-7-18-9-14;/h4-5,10,14,18H,6-9H2,1-3H3;1H. The summed E-state index contributed by atoms with van der Waals surface area (Å²) in [7, 11) is 1.90. The first-order valence-corrected chi connectivity index (χ1v) is 7.50. The number of rotatable bonds is 3. The van der Waals surface area contributed by atoms with Gasteiger partial charge in [0.15, 0.2) is 0 Å². The lowest BCUT2D eigenvalue weighted by molar-refractivity contribution is -0.130. The molecule has 1 atom stereocenters. The maximum atomic E-state index is 12.4. The van der Waals surface area contributed by atoms with Crippen LogP contribution in [0.25, 0.3) is 11.0 Å². The van der Waals surface area contributed by atoms with Crippen molar-refractivity contribution in [3.8, 4) is 0 Å². The summed E-state index contributed by atoms with van der Waals surface area (Å²) < 4.78 is 5.68. The zero-order valence-corrected chi connectivity index (χ0v) is 14.1. The molecular weight excluding hydrogens is 300 g/mol. The van der Waals surface area contributed by atoms with Crippen molar-refractivity contribution in [2.75, 3.05) is 20.1 Å². The molecule has 1 aliphatic rings. The van der Waals surface area contributed by atoms with E-state index in [4.69, 9.17) is 4.42 Å². The van der Waals surface area contributed by atoms with Crippen molar-refractivity contribution < 1.29 is 9.21 Å². The van der Waals surface area contributed by atoms with E-state index in [1.54, 1.807) is 6.26 Å². The minimum Gasteiger partial charge on any atom is -0.464 e. The van der Waals surface area contributed by atoms with Crippen LogP contribution in [0.1, 0.15) is 23.1 Å². The van der Waals surface area contributed by atoms with Gasteiger partial charge in [0.2, 0.25) is 5.91 Å². The molecule has 1 aromatic heterocycles. The second-order valence-electron chi connectivity index (χ2n) is 5.97. The summed E-state index contributed by atoms with van der Waals surface area (Å²) in [6, 6.07) is 4.46. The van der Waals surface area contributed by atoms with Crippen molar-refractivity contribution in [3.05, 3.63) is 35.1 Å². The molecule has 5 heteroatoms. The number of furan rings is 1. The third-order valence-electron chi connectivity index (χ3n) is 4.66. The predicted octanol–water partition coefficient (Wildman–Crippen LogP) is 2.83. The molecule has 1 saturated heterocycles. The Balaban J connectivity index is 0.00000176. The first-order chi connectivity index (χ1) is 10.1. The molecule has 4 nitrogen and oxygen atoms in total. The number of carbonyl (C=O) groups excluding carboxylic acids is 1. The van der Waals surface area contributed by atoms with E-state index in [0.29, 0.717) is 12.5 Å². The third kappa shape index (κ3) is 2.99. The number of benzene rings is 1. The first-order valence-electron chi connectivity index (χ1n) is 7.50. The van der Waals surface area contributed by atoms with Crippen LogP contribution in [-0.4, -0.2) is 37.0 Å². The van der Waals surface area contributed by atoms with Gasteiger partial charge in [0, 0.05) is 30.6 Å². The summed E-state index contributed by atoms with van der Waals surface area (Å²) >= 11 is 0. The zero-order chi connectivity index (χ0) is 15.0. The summed E-state index contributed by atoms with van der Waals surface area (Å²) in [5.41, 5.74) is 4.25. The average Bonchev–Trinajstić information content (AvgIpc) is 3.12. The van der Waals surface area contributed by atoms with Gasteiger partial charge in [-0.3, -0.25) is 4.79 Å². The molecule has 1 unspecified atom stereocenters. The molecule has 3 rings (SSSR count). The van der Waals surface area contributed by atoms with Gasteiger partial charge >= 0.3 is 0 Å². The Bertz CT molecular complexity index is 675. The molecule has 2 heterocycles. The Morgan fingerprint density at radius 1 is 1.41 bits per heavy atom. The molecule has 0 spiro atoms. The monoisotopic (exact) mass is 322 g/mol. The second kappa shape index (κ2) is 6.71. The van der Waals surface area contributed by atoms with Crippen LogP contribution in [-0.2, 0) is 11.2 Å². The van der Waals surface area contributed by atoms with Gasteiger partial charge in [0.25, 0.3) is 0 Å². The summed E-state index contributed by atoms with van der Waals surface area (Å²) in [6.07, 6.45) is 3.17. The fourth-order valence-corrected chi connectivity index (χ4v) is 2.99. The van der Waals surface area contributed by atoms with E-state index in [-0.39, 0.29) is 18.3 Å². The number of nitrogens with zero attached hydrogens (tertiary/aromatic N) is 1. The van der Waals surface area contributed by atoms with E-state index in [2.05, 4.69) is 31.3 Å². The number of nitrogens with one attached hydrogen (secondary N) is 1. The summed E-state index contributed by atoms with van der Waals surface area (Å²) in [5, 5.41) is 4.36. The normalized spacial score (nSPS) is 17.5. The van der Waals surface area contributed by atoms with Crippen LogP contribution in [0, 0.1) is 13.8 Å². The summed E-state index contributed by atoms with van der Waals surface area (Å²) in [5.74, 6) is 0.157. The number of aryl methyl sites for hydroxylation is 2. The van der Waals surface area contributed by atoms with Gasteiger partial charge in [0.05, 0.1) is 12.7 Å². The molecule has 0 aliphatic carbocycles. The molecule has 0 bridgehead atoms. The highest BCUT2D eigenvalue weighted by Gasteiger charge is 2.24. The van der Waals surface area contributed by atoms with Crippen molar-refractivity contribution in [1.82, 2.24) is 10.2 Å². The molecule has 0 saturated carbocycles. The Morgan fingerprint density at radius 2 is 2.18 bits per heavy atom. The number of hydrogen-bond acceptors (Lipinski definition) is 3. The van der Waals surface area contributed by atoms with E-state index in [1.165, 1.54) is 5.56 Å². The van der Waals surface area contributed by atoms with Gasteiger partial charge in [-0.1, -0.05) is 12.1 Å². The smallest absolute Gasteiger partial charge is 0.227 e. The second-order valence-corrected chi connectivity index (χ2v) is 5.97. The van der Waals surface area contributed by atoms with Gasteiger partial charge in [-0.2, -0.15) is 0 Å². The molecule has 1 amide bonds. The number of hydrogen-bond donors (Lipinski definition) is 1. The quantitative estimate of drug-likeness (QED) is 0.945. The van der Waals surface area contributed by atoms with Crippen LogP contribution >= 0.6 is 12.4 Å². The molecular formula is C17H23ClN2O2. The van der Waals surface area contributed by atoms with Gasteiger partial charge < -0.3 is 14.6 Å². The molecule has 1 aromatic carbocycles. The highest BCUT2D eigenvalue weighted by Crippen LogP contribution is 2.27. The Labute approximate surface area is 137 Å². The van der Waals surface area contributed by atoms with E-state index in [1.807, 2.05) is 11.9 Å². The van der Waals surface area contributed by atoms with Crippen LogP contribution in [0.3, 0.4) is 0 Å². The van der Waals surface area contributed by atoms with Crippen LogP contribution in [0.4, 0.5) is 0 Å². The van der Waals surface area contributed by atoms with Crippen LogP contribution in [0.2, 0.25) is 0 Å². The minimum absolute atomic E-state index is 0. The minimum atomic E-state index is 0. The van der Waals surface area contributed by atoms with Crippen molar-refractivity contribution in [2.45, 2.75) is 32.7 Å². The third-order valence-corrected chi connectivity index (χ3v) is 4.66. The fourth-order valence-electron chi connectivity index (χ4n) is 2.99. The largest absolute Gasteiger partial charge is 0.464 e. The van der Waals surface area contributed by atoms with E-state index in [0.717, 1.165) is 41.6 Å². The molecule has 120 valence electrons. The molecule has 0 radical (unpaired) electrons. The van der Waals surface area contributed by atoms with Gasteiger partial charge in [-0.25, -0.2) is 0 Å². The van der Waals surface area contributed by atoms with E-state index < -0.39 is 0 Å². The molecule has 22 heavy (non-hydrogen) atoms. The molecule has 1 aliphatic heterocycles. The highest BCUT2D eigenvalue weighted by molar-refractivity contribution is 5.89. The van der Waals surface area contributed by atoms with Crippen molar-refractivity contribution >= 4 is 29.3 Å². The lowest BCUT2D eigenvalue weighted by atomic mass is 10.0. The Morgan fingerprint density at radius 3 is 2.86 bits per heavy atom. The molecule has 1 N–H and O–H groups in total. The number of halogens is 1. The molecule has 1 fully saturated rings. The topological polar surface area (TPSA) is 45.5 Å². The van der Waals surface area contributed by atoms with Crippen molar-refractivity contribution in [3.63, 3.8) is 0 Å². The predicted molar refractivity (Wildman–Crippen MR) is 90.7 cm³/mol. The van der Waals surface area contributed by atoms with Gasteiger partial charge in [-0.15, -0.1) is 12.4 Å². The Hall–Kier alpha value is -1.52. The van der Waals surface area contributed by atoms with Crippen LogP contribution in [0.15, 0.2) is 22.8 Å². The highest BCUT2D eigenvalue weighted by atomic mass is 35.5. The maximum Gasteiger partial charge on any atom is 0.227 e. The summed E-state index contributed by atoms with van der Waals surface area (Å²) in [6.45, 7) is 6.02.